The molecule has 1 aromatic carbocycles. The van der Waals surface area contributed by atoms with E-state index in [9.17, 15) is 9.50 Å². The van der Waals surface area contributed by atoms with Crippen LogP contribution in [0.3, 0.4) is 0 Å². The zero-order valence-corrected chi connectivity index (χ0v) is 11.6. The van der Waals surface area contributed by atoms with Gasteiger partial charge in [-0.2, -0.15) is 0 Å². The van der Waals surface area contributed by atoms with Crippen molar-refractivity contribution in [1.29, 1.82) is 0 Å². The van der Waals surface area contributed by atoms with Gasteiger partial charge in [-0.05, 0) is 24.3 Å². The van der Waals surface area contributed by atoms with E-state index in [2.05, 4.69) is 10.3 Å². The van der Waals surface area contributed by atoms with Gasteiger partial charge in [-0.1, -0.05) is 22.9 Å². The van der Waals surface area contributed by atoms with Crippen molar-refractivity contribution in [2.45, 2.75) is 13.2 Å². The molecule has 0 atom stereocenters. The number of hydrogen-bond donors (Lipinski definition) is 1. The van der Waals surface area contributed by atoms with Crippen LogP contribution in [0, 0.1) is 5.82 Å². The molecule has 0 saturated heterocycles. The van der Waals surface area contributed by atoms with Crippen molar-refractivity contribution in [2.75, 3.05) is 0 Å². The lowest BCUT2D eigenvalue weighted by Gasteiger charge is -2.08. The Kier molecular flexibility index (Phi) is 3.72. The molecule has 2 aromatic heterocycles. The molecule has 0 unspecified atom stereocenters. The first-order chi connectivity index (χ1) is 10.2. The van der Waals surface area contributed by atoms with Gasteiger partial charge in [-0.15, -0.1) is 5.10 Å². The Hall–Kier alpha value is -2.18. The maximum absolute atomic E-state index is 13.9. The predicted molar refractivity (Wildman–Crippen MR) is 74.2 cm³/mol. The Labute approximate surface area is 124 Å². The summed E-state index contributed by atoms with van der Waals surface area (Å²) >= 11 is 6.02. The average Bonchev–Trinajstić information content (AvgIpc) is 3.11. The maximum atomic E-state index is 13.9. The lowest BCUT2D eigenvalue weighted by molar-refractivity contribution is 0.277. The van der Waals surface area contributed by atoms with E-state index in [4.69, 9.17) is 16.0 Å². The van der Waals surface area contributed by atoms with Crippen molar-refractivity contribution >= 4 is 11.6 Å². The number of halogens is 2. The van der Waals surface area contributed by atoms with Gasteiger partial charge in [0, 0.05) is 10.6 Å². The molecule has 0 fully saturated rings. The minimum absolute atomic E-state index is 0.0918. The molecular formula is C14H11ClFN3O2. The van der Waals surface area contributed by atoms with Gasteiger partial charge in [-0.25, -0.2) is 9.07 Å². The van der Waals surface area contributed by atoms with Crippen LogP contribution in [0.5, 0.6) is 0 Å². The number of rotatable bonds is 4. The topological polar surface area (TPSA) is 64.1 Å². The summed E-state index contributed by atoms with van der Waals surface area (Å²) in [4.78, 5) is 0. The molecule has 108 valence electrons. The Morgan fingerprint density at radius 1 is 1.29 bits per heavy atom. The SMILES string of the molecule is OCc1nnn(Cc2c(F)cccc2Cl)c1-c1ccco1. The van der Waals surface area contributed by atoms with Gasteiger partial charge < -0.3 is 9.52 Å². The molecule has 7 heteroatoms. The van der Waals surface area contributed by atoms with Crippen LogP contribution >= 0.6 is 11.6 Å². The zero-order valence-electron chi connectivity index (χ0n) is 10.8. The minimum atomic E-state index is -0.422. The minimum Gasteiger partial charge on any atom is -0.463 e. The second-order valence-electron chi connectivity index (χ2n) is 4.38. The van der Waals surface area contributed by atoms with Crippen LogP contribution in [0.2, 0.25) is 5.02 Å². The molecule has 0 saturated carbocycles. The van der Waals surface area contributed by atoms with Crippen molar-refractivity contribution in [1.82, 2.24) is 15.0 Å². The van der Waals surface area contributed by atoms with Gasteiger partial charge in [0.15, 0.2) is 5.76 Å². The van der Waals surface area contributed by atoms with E-state index in [-0.39, 0.29) is 13.2 Å². The fraction of sp³-hybridized carbons (Fsp3) is 0.143. The van der Waals surface area contributed by atoms with Gasteiger partial charge >= 0.3 is 0 Å². The number of aliphatic hydroxyl groups is 1. The molecule has 3 rings (SSSR count). The highest BCUT2D eigenvalue weighted by Gasteiger charge is 2.18. The average molecular weight is 308 g/mol. The standard InChI is InChI=1S/C14H11ClFN3O2/c15-10-3-1-4-11(16)9(10)7-19-14(12(8-20)17-18-19)13-5-2-6-21-13/h1-6,20H,7-8H2. The maximum Gasteiger partial charge on any atom is 0.153 e. The summed E-state index contributed by atoms with van der Waals surface area (Å²) in [6.07, 6.45) is 1.50. The molecule has 0 bridgehead atoms. The van der Waals surface area contributed by atoms with E-state index in [1.165, 1.54) is 23.1 Å². The molecule has 0 aliphatic rings. The second-order valence-corrected chi connectivity index (χ2v) is 4.79. The molecular weight excluding hydrogens is 297 g/mol. The fourth-order valence-corrected chi connectivity index (χ4v) is 2.30. The van der Waals surface area contributed by atoms with E-state index in [0.29, 0.717) is 27.7 Å². The quantitative estimate of drug-likeness (QED) is 0.805. The molecule has 0 aliphatic heterocycles. The zero-order chi connectivity index (χ0) is 14.8. The van der Waals surface area contributed by atoms with Crippen molar-refractivity contribution in [3.05, 3.63) is 58.7 Å². The highest BCUT2D eigenvalue weighted by Crippen LogP contribution is 2.26. The smallest absolute Gasteiger partial charge is 0.153 e. The summed E-state index contributed by atoms with van der Waals surface area (Å²) in [6, 6.07) is 7.91. The first-order valence-corrected chi connectivity index (χ1v) is 6.58. The van der Waals surface area contributed by atoms with Crippen LogP contribution in [-0.4, -0.2) is 20.1 Å². The summed E-state index contributed by atoms with van der Waals surface area (Å²) in [6.45, 7) is -0.199. The summed E-state index contributed by atoms with van der Waals surface area (Å²) in [5.41, 5.74) is 1.17. The number of hydrogen-bond acceptors (Lipinski definition) is 4. The number of aromatic nitrogens is 3. The van der Waals surface area contributed by atoms with Crippen LogP contribution in [-0.2, 0) is 13.2 Å². The van der Waals surface area contributed by atoms with Gasteiger partial charge in [-0.3, -0.25) is 0 Å². The Balaban J connectivity index is 2.06. The summed E-state index contributed by atoms with van der Waals surface area (Å²) < 4.78 is 20.7. The van der Waals surface area contributed by atoms with Crippen molar-refractivity contribution in [3.8, 4) is 11.5 Å². The Morgan fingerprint density at radius 3 is 2.81 bits per heavy atom. The lowest BCUT2D eigenvalue weighted by atomic mass is 10.2. The third-order valence-electron chi connectivity index (χ3n) is 3.08. The van der Waals surface area contributed by atoms with Crippen LogP contribution < -0.4 is 0 Å². The molecule has 0 radical (unpaired) electrons. The molecule has 1 N–H and O–H groups in total. The number of nitrogens with zero attached hydrogens (tertiary/aromatic N) is 3. The fourth-order valence-electron chi connectivity index (χ4n) is 2.08. The van der Waals surface area contributed by atoms with E-state index in [0.717, 1.165) is 0 Å². The monoisotopic (exact) mass is 307 g/mol. The van der Waals surface area contributed by atoms with Crippen molar-refractivity contribution < 1.29 is 13.9 Å². The normalized spacial score (nSPS) is 11.0. The van der Waals surface area contributed by atoms with Crippen LogP contribution in [0.4, 0.5) is 4.39 Å². The third kappa shape index (κ3) is 2.55. The van der Waals surface area contributed by atoms with E-state index in [1.807, 2.05) is 0 Å². The lowest BCUT2D eigenvalue weighted by Crippen LogP contribution is -2.06. The molecule has 21 heavy (non-hydrogen) atoms. The Bertz CT molecular complexity index is 735. The molecule has 0 amide bonds. The number of benzene rings is 1. The van der Waals surface area contributed by atoms with Crippen LogP contribution in [0.1, 0.15) is 11.3 Å². The van der Waals surface area contributed by atoms with Gasteiger partial charge in [0.05, 0.1) is 19.4 Å². The summed E-state index contributed by atoms with van der Waals surface area (Å²) in [5, 5.41) is 17.5. The number of aliphatic hydroxyl groups excluding tert-OH is 1. The molecule has 5 nitrogen and oxygen atoms in total. The van der Waals surface area contributed by atoms with Crippen molar-refractivity contribution in [2.24, 2.45) is 0 Å². The Morgan fingerprint density at radius 2 is 2.14 bits per heavy atom. The van der Waals surface area contributed by atoms with E-state index < -0.39 is 5.82 Å². The first-order valence-electron chi connectivity index (χ1n) is 6.20. The van der Waals surface area contributed by atoms with Crippen LogP contribution in [0.25, 0.3) is 11.5 Å². The van der Waals surface area contributed by atoms with Crippen LogP contribution in [0.15, 0.2) is 41.0 Å². The third-order valence-corrected chi connectivity index (χ3v) is 3.43. The largest absolute Gasteiger partial charge is 0.463 e. The highest BCUT2D eigenvalue weighted by atomic mass is 35.5. The molecule has 0 spiro atoms. The number of furan rings is 1. The predicted octanol–water partition coefficient (Wildman–Crippen LogP) is 2.87. The van der Waals surface area contributed by atoms with E-state index in [1.54, 1.807) is 18.2 Å². The molecule has 0 aliphatic carbocycles. The van der Waals surface area contributed by atoms with Crippen molar-refractivity contribution in [3.63, 3.8) is 0 Å². The van der Waals surface area contributed by atoms with Gasteiger partial charge in [0.2, 0.25) is 0 Å². The van der Waals surface area contributed by atoms with Gasteiger partial charge in [0.1, 0.15) is 17.2 Å². The van der Waals surface area contributed by atoms with Gasteiger partial charge in [0.25, 0.3) is 0 Å². The first kappa shape index (κ1) is 13.8. The highest BCUT2D eigenvalue weighted by molar-refractivity contribution is 6.31. The molecule has 2 heterocycles. The second kappa shape index (κ2) is 5.67. The molecule has 3 aromatic rings. The summed E-state index contributed by atoms with van der Waals surface area (Å²) in [7, 11) is 0. The van der Waals surface area contributed by atoms with E-state index >= 15 is 0 Å². The summed E-state index contributed by atoms with van der Waals surface area (Å²) in [5.74, 6) is 0.0745.